The number of rotatable bonds is 4. The summed E-state index contributed by atoms with van der Waals surface area (Å²) >= 11 is 0. The third kappa shape index (κ3) is 4.07. The molecule has 0 aliphatic rings. The van der Waals surface area contributed by atoms with E-state index in [1.54, 1.807) is 6.92 Å². The molecule has 25 heavy (non-hydrogen) atoms. The molecule has 124 valence electrons. The van der Waals surface area contributed by atoms with Crippen molar-refractivity contribution in [2.75, 3.05) is 0 Å². The Hall–Kier alpha value is -3.07. The minimum atomic E-state index is 0.0646. The molecule has 0 atom stereocenters. The molecule has 0 radical (unpaired) electrons. The van der Waals surface area contributed by atoms with Crippen LogP contribution in [0, 0.1) is 13.8 Å². The predicted octanol–water partition coefficient (Wildman–Crippen LogP) is 6.59. The highest BCUT2D eigenvalue weighted by atomic mass is 16.1. The normalized spacial score (nSPS) is 11.0. The number of hydrogen-bond donors (Lipinski definition) is 0. The standard InChI is InChI=1S/C22H20N2O/c1-15-5-4-6-20(13-15)23-24-22-14-16(2)7-12-21(22)19-10-8-18(9-11-19)17(3)25/h4-14H,1-3H3. The van der Waals surface area contributed by atoms with Gasteiger partial charge in [-0.25, -0.2) is 0 Å². The van der Waals surface area contributed by atoms with Crippen molar-refractivity contribution in [2.24, 2.45) is 10.2 Å². The fraction of sp³-hybridized carbons (Fsp3) is 0.136. The highest BCUT2D eigenvalue weighted by Gasteiger charge is 2.07. The van der Waals surface area contributed by atoms with Crippen LogP contribution in [0.25, 0.3) is 11.1 Å². The maximum absolute atomic E-state index is 11.5. The number of nitrogens with zero attached hydrogens (tertiary/aromatic N) is 2. The molecular weight excluding hydrogens is 308 g/mol. The molecule has 0 N–H and O–H groups in total. The number of Topliss-reactive ketones (excluding diaryl/α,β-unsaturated/α-hetero) is 1. The number of ketones is 1. The van der Waals surface area contributed by atoms with Crippen LogP contribution in [-0.2, 0) is 0 Å². The van der Waals surface area contributed by atoms with Gasteiger partial charge in [0.1, 0.15) is 0 Å². The first-order valence-corrected chi connectivity index (χ1v) is 8.23. The average molecular weight is 328 g/mol. The Morgan fingerprint density at radius 1 is 0.800 bits per heavy atom. The van der Waals surface area contributed by atoms with Gasteiger partial charge in [-0.15, -0.1) is 5.11 Å². The predicted molar refractivity (Wildman–Crippen MR) is 102 cm³/mol. The maximum Gasteiger partial charge on any atom is 0.159 e. The Balaban J connectivity index is 1.99. The molecular formula is C22H20N2O. The largest absolute Gasteiger partial charge is 0.295 e. The number of azo groups is 1. The topological polar surface area (TPSA) is 41.8 Å². The van der Waals surface area contributed by atoms with E-state index < -0.39 is 0 Å². The number of hydrogen-bond acceptors (Lipinski definition) is 3. The van der Waals surface area contributed by atoms with Crippen molar-refractivity contribution in [1.82, 2.24) is 0 Å². The van der Waals surface area contributed by atoms with Gasteiger partial charge in [-0.3, -0.25) is 4.79 Å². The molecule has 0 heterocycles. The third-order valence-electron chi connectivity index (χ3n) is 4.03. The number of benzene rings is 3. The van der Waals surface area contributed by atoms with Crippen LogP contribution in [0.1, 0.15) is 28.4 Å². The minimum absolute atomic E-state index is 0.0646. The van der Waals surface area contributed by atoms with Crippen LogP contribution in [0.15, 0.2) is 77.0 Å². The third-order valence-corrected chi connectivity index (χ3v) is 4.03. The van der Waals surface area contributed by atoms with Gasteiger partial charge in [0.25, 0.3) is 0 Å². The Morgan fingerprint density at radius 3 is 2.20 bits per heavy atom. The summed E-state index contributed by atoms with van der Waals surface area (Å²) in [5, 5.41) is 8.85. The van der Waals surface area contributed by atoms with E-state index >= 15 is 0 Å². The molecule has 0 fully saturated rings. The molecule has 0 amide bonds. The molecule has 0 bridgehead atoms. The summed E-state index contributed by atoms with van der Waals surface area (Å²) in [6.07, 6.45) is 0. The van der Waals surface area contributed by atoms with Crippen molar-refractivity contribution in [2.45, 2.75) is 20.8 Å². The summed E-state index contributed by atoms with van der Waals surface area (Å²) in [5.41, 5.74) is 6.65. The lowest BCUT2D eigenvalue weighted by Gasteiger charge is -2.07. The lowest BCUT2D eigenvalue weighted by atomic mass is 10.00. The monoisotopic (exact) mass is 328 g/mol. The molecule has 0 aliphatic carbocycles. The lowest BCUT2D eigenvalue weighted by Crippen LogP contribution is -1.91. The first-order chi connectivity index (χ1) is 12.0. The maximum atomic E-state index is 11.5. The zero-order valence-electron chi connectivity index (χ0n) is 14.7. The van der Waals surface area contributed by atoms with Gasteiger partial charge in [-0.05, 0) is 55.7 Å². The SMILES string of the molecule is CC(=O)c1ccc(-c2ccc(C)cc2N=Nc2cccc(C)c2)cc1. The van der Waals surface area contributed by atoms with Crippen LogP contribution in [0.5, 0.6) is 0 Å². The molecule has 0 spiro atoms. The summed E-state index contributed by atoms with van der Waals surface area (Å²) in [7, 11) is 0. The fourth-order valence-corrected chi connectivity index (χ4v) is 2.65. The van der Waals surface area contributed by atoms with E-state index in [1.807, 2.05) is 74.5 Å². The first kappa shape index (κ1) is 16.8. The minimum Gasteiger partial charge on any atom is -0.295 e. The molecule has 3 rings (SSSR count). The van der Waals surface area contributed by atoms with E-state index in [0.29, 0.717) is 5.56 Å². The van der Waals surface area contributed by atoms with Gasteiger partial charge < -0.3 is 0 Å². The van der Waals surface area contributed by atoms with E-state index in [9.17, 15) is 4.79 Å². The quantitative estimate of drug-likeness (QED) is 0.393. The number of aryl methyl sites for hydroxylation is 2. The summed E-state index contributed by atoms with van der Waals surface area (Å²) in [6, 6.07) is 21.7. The second kappa shape index (κ2) is 7.22. The van der Waals surface area contributed by atoms with E-state index in [0.717, 1.165) is 33.6 Å². The highest BCUT2D eigenvalue weighted by Crippen LogP contribution is 2.32. The van der Waals surface area contributed by atoms with Gasteiger partial charge >= 0.3 is 0 Å². The summed E-state index contributed by atoms with van der Waals surface area (Å²) in [4.78, 5) is 11.5. The lowest BCUT2D eigenvalue weighted by molar-refractivity contribution is 0.101. The van der Waals surface area contributed by atoms with Gasteiger partial charge in [0.15, 0.2) is 5.78 Å². The van der Waals surface area contributed by atoms with Crippen molar-refractivity contribution >= 4 is 17.2 Å². The fourth-order valence-electron chi connectivity index (χ4n) is 2.65. The van der Waals surface area contributed by atoms with Crippen molar-refractivity contribution in [3.8, 4) is 11.1 Å². The van der Waals surface area contributed by atoms with Crippen LogP contribution in [0.2, 0.25) is 0 Å². The average Bonchev–Trinajstić information content (AvgIpc) is 2.60. The van der Waals surface area contributed by atoms with Crippen molar-refractivity contribution in [3.63, 3.8) is 0 Å². The van der Waals surface area contributed by atoms with Crippen LogP contribution >= 0.6 is 0 Å². The van der Waals surface area contributed by atoms with Gasteiger partial charge in [0.2, 0.25) is 0 Å². The zero-order valence-corrected chi connectivity index (χ0v) is 14.7. The van der Waals surface area contributed by atoms with Gasteiger partial charge in [0.05, 0.1) is 11.4 Å². The van der Waals surface area contributed by atoms with E-state index in [2.05, 4.69) is 16.3 Å². The second-order valence-corrected chi connectivity index (χ2v) is 6.19. The molecule has 0 aromatic heterocycles. The number of carbonyl (C=O) groups is 1. The first-order valence-electron chi connectivity index (χ1n) is 8.23. The van der Waals surface area contributed by atoms with E-state index in [4.69, 9.17) is 0 Å². The molecule has 3 aromatic carbocycles. The molecule has 0 saturated carbocycles. The highest BCUT2D eigenvalue weighted by molar-refractivity contribution is 5.94. The Kier molecular flexibility index (Phi) is 4.85. The zero-order chi connectivity index (χ0) is 17.8. The molecule has 0 unspecified atom stereocenters. The van der Waals surface area contributed by atoms with Gasteiger partial charge in [-0.1, -0.05) is 48.5 Å². The molecule has 0 aliphatic heterocycles. The van der Waals surface area contributed by atoms with E-state index in [1.165, 1.54) is 0 Å². The van der Waals surface area contributed by atoms with Crippen LogP contribution < -0.4 is 0 Å². The Morgan fingerprint density at radius 2 is 1.52 bits per heavy atom. The molecule has 3 heteroatoms. The van der Waals surface area contributed by atoms with E-state index in [-0.39, 0.29) is 5.78 Å². The van der Waals surface area contributed by atoms with Crippen molar-refractivity contribution < 1.29 is 4.79 Å². The Bertz CT molecular complexity index is 940. The molecule has 3 aromatic rings. The van der Waals surface area contributed by atoms with Gasteiger partial charge in [-0.2, -0.15) is 5.11 Å². The summed E-state index contributed by atoms with van der Waals surface area (Å²) in [5.74, 6) is 0.0646. The van der Waals surface area contributed by atoms with Crippen LogP contribution in [-0.4, -0.2) is 5.78 Å². The van der Waals surface area contributed by atoms with Crippen molar-refractivity contribution in [3.05, 3.63) is 83.4 Å². The van der Waals surface area contributed by atoms with Crippen LogP contribution in [0.4, 0.5) is 11.4 Å². The number of carbonyl (C=O) groups excluding carboxylic acids is 1. The molecule has 3 nitrogen and oxygen atoms in total. The second-order valence-electron chi connectivity index (χ2n) is 6.19. The smallest absolute Gasteiger partial charge is 0.159 e. The van der Waals surface area contributed by atoms with Crippen molar-refractivity contribution in [1.29, 1.82) is 0 Å². The summed E-state index contributed by atoms with van der Waals surface area (Å²) in [6.45, 7) is 5.64. The molecule has 0 saturated heterocycles. The van der Waals surface area contributed by atoms with Crippen LogP contribution in [0.3, 0.4) is 0 Å². The summed E-state index contributed by atoms with van der Waals surface area (Å²) < 4.78 is 0. The van der Waals surface area contributed by atoms with Gasteiger partial charge in [0, 0.05) is 11.1 Å². The Labute approximate surface area is 148 Å².